The molecule has 2 saturated carbocycles. The van der Waals surface area contributed by atoms with E-state index in [0.29, 0.717) is 11.8 Å². The average molecular weight is 629 g/mol. The molecule has 2 fully saturated rings. The molecule has 0 spiro atoms. The topological polar surface area (TPSA) is 6.48 Å². The summed E-state index contributed by atoms with van der Waals surface area (Å²) in [4.78, 5) is 2.41. The maximum absolute atomic E-state index is 3.13. The predicted molar refractivity (Wildman–Crippen MR) is 201 cm³/mol. The molecule has 4 unspecified atom stereocenters. The highest BCUT2D eigenvalue weighted by Gasteiger charge is 2.56. The van der Waals surface area contributed by atoms with E-state index in [2.05, 4.69) is 155 Å². The fraction of sp³-hybridized carbons (Fsp3) is 0.488. The van der Waals surface area contributed by atoms with Crippen molar-refractivity contribution >= 4 is 30.9 Å². The van der Waals surface area contributed by atoms with Crippen molar-refractivity contribution in [2.45, 2.75) is 116 Å². The molecule has 7 rings (SSSR count). The molecule has 3 heteroatoms. The van der Waals surface area contributed by atoms with Crippen LogP contribution < -0.4 is 4.90 Å². The van der Waals surface area contributed by atoms with Gasteiger partial charge in [0.2, 0.25) is 0 Å². The minimum atomic E-state index is -1.81. The minimum Gasteiger partial charge on any atom is -0.316 e. The van der Waals surface area contributed by atoms with Gasteiger partial charge in [0.05, 0.1) is 0 Å². The van der Waals surface area contributed by atoms with E-state index in [0.717, 1.165) is 17.5 Å². The number of benzene rings is 3. The molecule has 0 aliphatic heterocycles. The first-order valence-electron chi connectivity index (χ1n) is 18.2. The van der Waals surface area contributed by atoms with Crippen molar-refractivity contribution < 1.29 is 0 Å². The third-order valence-electron chi connectivity index (χ3n) is 12.2. The summed E-state index contributed by atoms with van der Waals surface area (Å²) in [5, 5.41) is 0. The third-order valence-corrected chi connectivity index (χ3v) is 17.1. The van der Waals surface area contributed by atoms with Gasteiger partial charge in [-0.3, -0.25) is 0 Å². The van der Waals surface area contributed by atoms with E-state index in [9.17, 15) is 0 Å². The Morgan fingerprint density at radius 3 is 1.96 bits per heavy atom. The van der Waals surface area contributed by atoms with Crippen LogP contribution in [0.2, 0.25) is 18.6 Å². The van der Waals surface area contributed by atoms with Crippen molar-refractivity contribution in [3.05, 3.63) is 108 Å². The summed E-state index contributed by atoms with van der Waals surface area (Å²) in [7, 11) is -1.81. The number of allylic oxidation sites excluding steroid dienone is 4. The summed E-state index contributed by atoms with van der Waals surface area (Å²) in [5.41, 5.74) is 10.6. The minimum absolute atomic E-state index is 0.0314. The molecule has 4 aliphatic rings. The molecular weight excluding hydrogens is 573 g/mol. The number of rotatable bonds is 6. The highest BCUT2D eigenvalue weighted by molar-refractivity contribution is 6.76. The number of para-hydroxylation sites is 2. The number of hydrogen-bond donors (Lipinski definition) is 0. The van der Waals surface area contributed by atoms with Gasteiger partial charge in [0.1, 0.15) is 8.24 Å². The number of nitrogens with zero attached hydrogens (tertiary/aromatic N) is 2. The van der Waals surface area contributed by atoms with Gasteiger partial charge in [0.25, 0.3) is 0 Å². The lowest BCUT2D eigenvalue weighted by atomic mass is 9.76. The summed E-state index contributed by atoms with van der Waals surface area (Å²) in [6, 6.07) is 29.7. The highest BCUT2D eigenvalue weighted by atomic mass is 28.3. The molecule has 0 bridgehead atoms. The lowest BCUT2D eigenvalue weighted by molar-refractivity contribution is 0.139. The lowest BCUT2D eigenvalue weighted by Gasteiger charge is -2.56. The number of anilines is 3. The van der Waals surface area contributed by atoms with E-state index in [4.69, 9.17) is 0 Å². The van der Waals surface area contributed by atoms with Crippen LogP contribution in [0, 0.1) is 17.8 Å². The normalized spacial score (nSPS) is 25.8. The van der Waals surface area contributed by atoms with Gasteiger partial charge in [0.15, 0.2) is 0 Å². The van der Waals surface area contributed by atoms with Gasteiger partial charge in [-0.05, 0) is 122 Å². The molecule has 0 radical (unpaired) electrons. The van der Waals surface area contributed by atoms with Crippen LogP contribution in [0.4, 0.5) is 17.1 Å². The molecule has 4 aliphatic carbocycles. The first kappa shape index (κ1) is 31.7. The number of fused-ring (bicyclic) bond motifs is 4. The first-order valence-corrected chi connectivity index (χ1v) is 21.2. The van der Waals surface area contributed by atoms with Crippen molar-refractivity contribution in [3.63, 3.8) is 0 Å². The SMILES string of the molecule is CC1CC2C=C3C(=CC2C1[Si](C)(C)N(C1CCCCC1)C(C)(C)C)C(C)(C)c1cc(N(c2ccccc2)c2ccccc2)ccc13. The molecular formula is C43H56N2Si. The van der Waals surface area contributed by atoms with E-state index in [1.807, 2.05) is 0 Å². The summed E-state index contributed by atoms with van der Waals surface area (Å²) in [5.74, 6) is 2.04. The van der Waals surface area contributed by atoms with Crippen LogP contribution in [0.5, 0.6) is 0 Å². The molecule has 0 heterocycles. The molecule has 0 N–H and O–H groups in total. The second kappa shape index (κ2) is 11.7. The van der Waals surface area contributed by atoms with E-state index in [-0.39, 0.29) is 11.0 Å². The Kier molecular flexibility index (Phi) is 8.04. The smallest absolute Gasteiger partial charge is 0.127 e. The van der Waals surface area contributed by atoms with E-state index >= 15 is 0 Å². The molecule has 0 saturated heterocycles. The van der Waals surface area contributed by atoms with Crippen LogP contribution in [0.15, 0.2) is 96.6 Å². The van der Waals surface area contributed by atoms with Gasteiger partial charge < -0.3 is 9.47 Å². The molecule has 3 aromatic rings. The molecule has 242 valence electrons. The van der Waals surface area contributed by atoms with Gasteiger partial charge in [-0.2, -0.15) is 0 Å². The standard InChI is InChI=1S/C43H56N2Si/c1-30-26-31-27-38-36-25-24-35(44(32-18-12-9-13-19-32)33-20-14-10-15-21-33)28-39(36)43(5,6)40(38)29-37(31)41(30)46(7,8)45(42(2,3)4)34-22-16-11-17-23-34/h9-10,12-15,18-21,24-25,27-31,34,37,41H,11,16-17,22-23,26H2,1-8H3. The molecule has 0 aromatic heterocycles. The Morgan fingerprint density at radius 2 is 1.37 bits per heavy atom. The van der Waals surface area contributed by atoms with Crippen LogP contribution in [-0.4, -0.2) is 24.4 Å². The molecule has 46 heavy (non-hydrogen) atoms. The van der Waals surface area contributed by atoms with Crippen LogP contribution in [0.3, 0.4) is 0 Å². The maximum atomic E-state index is 3.13. The zero-order valence-corrected chi connectivity index (χ0v) is 30.7. The fourth-order valence-corrected chi connectivity index (χ4v) is 16.9. The van der Waals surface area contributed by atoms with Crippen LogP contribution in [-0.2, 0) is 5.41 Å². The summed E-state index contributed by atoms with van der Waals surface area (Å²) in [6.07, 6.45) is 13.9. The molecule has 3 aromatic carbocycles. The first-order chi connectivity index (χ1) is 21.9. The molecule has 4 atom stereocenters. The maximum Gasteiger partial charge on any atom is 0.127 e. The van der Waals surface area contributed by atoms with Crippen molar-refractivity contribution in [3.8, 4) is 0 Å². The predicted octanol–water partition coefficient (Wildman–Crippen LogP) is 12.1. The summed E-state index contributed by atoms with van der Waals surface area (Å²) in [6.45, 7) is 20.6. The second-order valence-corrected chi connectivity index (χ2v) is 21.4. The van der Waals surface area contributed by atoms with E-state index in [1.54, 1.807) is 5.57 Å². The van der Waals surface area contributed by atoms with E-state index in [1.165, 1.54) is 72.3 Å². The van der Waals surface area contributed by atoms with E-state index < -0.39 is 8.24 Å². The molecule has 2 nitrogen and oxygen atoms in total. The average Bonchev–Trinajstić information content (AvgIpc) is 3.47. The Labute approximate surface area is 280 Å². The Hall–Kier alpha value is -2.88. The van der Waals surface area contributed by atoms with Crippen LogP contribution in [0.1, 0.15) is 91.2 Å². The quantitative estimate of drug-likeness (QED) is 0.251. The van der Waals surface area contributed by atoms with Crippen LogP contribution in [0.25, 0.3) is 5.57 Å². The van der Waals surface area contributed by atoms with Gasteiger partial charge in [-0.15, -0.1) is 0 Å². The Balaban J connectivity index is 1.27. The second-order valence-electron chi connectivity index (χ2n) is 17.0. The summed E-state index contributed by atoms with van der Waals surface area (Å²) < 4.78 is 3.13. The van der Waals surface area contributed by atoms with Crippen molar-refractivity contribution in [2.75, 3.05) is 4.90 Å². The zero-order valence-electron chi connectivity index (χ0n) is 29.7. The van der Waals surface area contributed by atoms with Crippen molar-refractivity contribution in [2.24, 2.45) is 17.8 Å². The Morgan fingerprint density at radius 1 is 0.761 bits per heavy atom. The largest absolute Gasteiger partial charge is 0.316 e. The van der Waals surface area contributed by atoms with Gasteiger partial charge in [-0.1, -0.05) is 108 Å². The zero-order chi connectivity index (χ0) is 32.4. The van der Waals surface area contributed by atoms with Gasteiger partial charge in [0, 0.05) is 34.1 Å². The monoisotopic (exact) mass is 628 g/mol. The summed E-state index contributed by atoms with van der Waals surface area (Å²) >= 11 is 0. The fourth-order valence-electron chi connectivity index (χ4n) is 10.9. The lowest BCUT2D eigenvalue weighted by Crippen LogP contribution is -2.65. The van der Waals surface area contributed by atoms with Crippen LogP contribution >= 0.6 is 0 Å². The highest BCUT2D eigenvalue weighted by Crippen LogP contribution is 2.61. The van der Waals surface area contributed by atoms with Gasteiger partial charge in [-0.25, -0.2) is 0 Å². The number of hydrogen-bond acceptors (Lipinski definition) is 2. The Bertz CT molecular complexity index is 1580. The third kappa shape index (κ3) is 5.26. The van der Waals surface area contributed by atoms with Crippen molar-refractivity contribution in [1.29, 1.82) is 0 Å². The molecule has 0 amide bonds. The van der Waals surface area contributed by atoms with Gasteiger partial charge >= 0.3 is 0 Å². The van der Waals surface area contributed by atoms with Crippen molar-refractivity contribution in [1.82, 2.24) is 4.57 Å².